The summed E-state index contributed by atoms with van der Waals surface area (Å²) in [5.74, 6) is 1.13. The van der Waals surface area contributed by atoms with E-state index in [1.54, 1.807) is 6.20 Å². The lowest BCUT2D eigenvalue weighted by Crippen LogP contribution is -2.28. The zero-order chi connectivity index (χ0) is 15.5. The summed E-state index contributed by atoms with van der Waals surface area (Å²) in [6.07, 6.45) is 3.83. The number of aromatic nitrogens is 1. The zero-order valence-corrected chi connectivity index (χ0v) is 13.3. The van der Waals surface area contributed by atoms with Crippen LogP contribution in [0.1, 0.15) is 31.2 Å². The van der Waals surface area contributed by atoms with Gasteiger partial charge >= 0.3 is 0 Å². The van der Waals surface area contributed by atoms with Crippen molar-refractivity contribution in [3.05, 3.63) is 54.2 Å². The van der Waals surface area contributed by atoms with E-state index in [1.165, 1.54) is 5.56 Å². The van der Waals surface area contributed by atoms with E-state index in [2.05, 4.69) is 34.0 Å². The number of hydrogen-bond acceptors (Lipinski definition) is 3. The second-order valence-corrected chi connectivity index (χ2v) is 6.63. The Morgan fingerprint density at radius 3 is 2.73 bits per heavy atom. The molecule has 4 atom stereocenters. The lowest BCUT2D eigenvalue weighted by molar-refractivity contribution is 0.490. The lowest BCUT2D eigenvalue weighted by Gasteiger charge is -2.15. The largest absolute Gasteiger partial charge is 0.760 e. The van der Waals surface area contributed by atoms with Crippen LogP contribution in [-0.2, 0) is 11.3 Å². The monoisotopic (exact) mass is 315 g/mol. The summed E-state index contributed by atoms with van der Waals surface area (Å²) >= 11 is -2.17. The van der Waals surface area contributed by atoms with Gasteiger partial charge in [0.15, 0.2) is 0 Å². The van der Waals surface area contributed by atoms with Gasteiger partial charge in [-0.3, -0.25) is 9.19 Å². The molecule has 1 aromatic heterocycles. The Hall–Kier alpha value is -1.56. The van der Waals surface area contributed by atoms with Crippen molar-refractivity contribution in [1.29, 1.82) is 0 Å². The second kappa shape index (κ2) is 6.69. The van der Waals surface area contributed by atoms with Gasteiger partial charge < -0.3 is 4.55 Å². The maximum absolute atomic E-state index is 10.6. The van der Waals surface area contributed by atoms with E-state index in [1.807, 2.05) is 25.1 Å². The topological polar surface area (TPSA) is 65.0 Å². The molecule has 4 nitrogen and oxygen atoms in total. The van der Waals surface area contributed by atoms with Crippen molar-refractivity contribution in [1.82, 2.24) is 9.71 Å². The molecular weight excluding hydrogens is 296 g/mol. The van der Waals surface area contributed by atoms with Crippen LogP contribution in [0.5, 0.6) is 0 Å². The Kier molecular flexibility index (Phi) is 4.66. The normalized spacial score (nSPS) is 23.0. The van der Waals surface area contributed by atoms with Crippen LogP contribution in [0.3, 0.4) is 0 Å². The zero-order valence-electron chi connectivity index (χ0n) is 12.4. The molecule has 1 saturated carbocycles. The van der Waals surface area contributed by atoms with E-state index >= 15 is 0 Å². The molecule has 0 amide bonds. The van der Waals surface area contributed by atoms with E-state index in [9.17, 15) is 8.76 Å². The molecule has 3 rings (SSSR count). The van der Waals surface area contributed by atoms with Crippen LogP contribution in [-0.4, -0.2) is 19.8 Å². The SMILES string of the molecule is CC(CC1CC1c1ccc(-c2ccccn2)cc1)NS(=O)[O-]. The van der Waals surface area contributed by atoms with Crippen LogP contribution in [0.4, 0.5) is 0 Å². The van der Waals surface area contributed by atoms with Gasteiger partial charge in [0, 0.05) is 29.1 Å². The summed E-state index contributed by atoms with van der Waals surface area (Å²) in [7, 11) is 0. The lowest BCUT2D eigenvalue weighted by atomic mass is 10.0. The minimum Gasteiger partial charge on any atom is -0.760 e. The fourth-order valence-electron chi connectivity index (χ4n) is 3.02. The van der Waals surface area contributed by atoms with Crippen molar-refractivity contribution in [2.75, 3.05) is 0 Å². The van der Waals surface area contributed by atoms with Gasteiger partial charge in [0.05, 0.1) is 5.69 Å². The first-order valence-electron chi connectivity index (χ1n) is 7.50. The molecule has 1 N–H and O–H groups in total. The van der Waals surface area contributed by atoms with Crippen molar-refractivity contribution >= 4 is 11.3 Å². The summed E-state index contributed by atoms with van der Waals surface area (Å²) in [6, 6.07) is 14.5. The minimum absolute atomic E-state index is 0.00104. The Morgan fingerprint density at radius 2 is 2.09 bits per heavy atom. The number of benzene rings is 1. The van der Waals surface area contributed by atoms with Crippen molar-refractivity contribution in [2.45, 2.75) is 31.7 Å². The Balaban J connectivity index is 1.60. The molecule has 0 bridgehead atoms. The Bertz CT molecular complexity index is 645. The van der Waals surface area contributed by atoms with Gasteiger partial charge in [-0.1, -0.05) is 30.3 Å². The Morgan fingerprint density at radius 1 is 1.32 bits per heavy atom. The van der Waals surface area contributed by atoms with E-state index in [0.29, 0.717) is 11.8 Å². The fourth-order valence-corrected chi connectivity index (χ4v) is 3.44. The predicted molar refractivity (Wildman–Crippen MR) is 86.7 cm³/mol. The van der Waals surface area contributed by atoms with Crippen LogP contribution in [0, 0.1) is 5.92 Å². The van der Waals surface area contributed by atoms with Crippen LogP contribution < -0.4 is 4.72 Å². The molecule has 0 saturated heterocycles. The minimum atomic E-state index is -2.17. The van der Waals surface area contributed by atoms with Crippen LogP contribution in [0.25, 0.3) is 11.3 Å². The van der Waals surface area contributed by atoms with Gasteiger partial charge in [0.1, 0.15) is 0 Å². The third kappa shape index (κ3) is 3.80. The van der Waals surface area contributed by atoms with Crippen molar-refractivity contribution in [3.63, 3.8) is 0 Å². The van der Waals surface area contributed by atoms with Gasteiger partial charge in [-0.2, -0.15) is 0 Å². The highest BCUT2D eigenvalue weighted by Crippen LogP contribution is 2.50. The summed E-state index contributed by atoms with van der Waals surface area (Å²) in [5.41, 5.74) is 3.44. The molecule has 0 spiro atoms. The molecule has 116 valence electrons. The van der Waals surface area contributed by atoms with Gasteiger partial charge in [-0.05, 0) is 49.3 Å². The molecule has 22 heavy (non-hydrogen) atoms. The van der Waals surface area contributed by atoms with Crippen molar-refractivity contribution in [3.8, 4) is 11.3 Å². The average molecular weight is 315 g/mol. The molecule has 5 heteroatoms. The molecule has 1 aliphatic carbocycles. The fraction of sp³-hybridized carbons (Fsp3) is 0.353. The average Bonchev–Trinajstić information content (AvgIpc) is 3.26. The number of rotatable bonds is 6. The number of pyridine rings is 1. The summed E-state index contributed by atoms with van der Waals surface area (Å²) in [5, 5.41) is 0. The van der Waals surface area contributed by atoms with Crippen LogP contribution in [0.2, 0.25) is 0 Å². The van der Waals surface area contributed by atoms with Crippen LogP contribution in [0.15, 0.2) is 48.7 Å². The van der Waals surface area contributed by atoms with E-state index < -0.39 is 11.3 Å². The molecule has 4 unspecified atom stereocenters. The molecule has 0 aliphatic heterocycles. The highest BCUT2D eigenvalue weighted by molar-refractivity contribution is 7.77. The quantitative estimate of drug-likeness (QED) is 0.833. The Labute approximate surface area is 133 Å². The number of nitrogens with one attached hydrogen (secondary N) is 1. The number of hydrogen-bond donors (Lipinski definition) is 1. The first-order valence-corrected chi connectivity index (χ1v) is 8.58. The smallest absolute Gasteiger partial charge is 0.0701 e. The molecule has 2 aromatic rings. The molecule has 1 aromatic carbocycles. The van der Waals surface area contributed by atoms with Crippen molar-refractivity contribution < 1.29 is 8.76 Å². The van der Waals surface area contributed by atoms with Gasteiger partial charge in [-0.15, -0.1) is 0 Å². The highest BCUT2D eigenvalue weighted by atomic mass is 32.2. The highest BCUT2D eigenvalue weighted by Gasteiger charge is 2.38. The van der Waals surface area contributed by atoms with Gasteiger partial charge in [0.25, 0.3) is 0 Å². The van der Waals surface area contributed by atoms with Crippen LogP contribution >= 0.6 is 0 Å². The summed E-state index contributed by atoms with van der Waals surface area (Å²) < 4.78 is 23.8. The predicted octanol–water partition coefficient (Wildman–Crippen LogP) is 3.01. The molecule has 1 heterocycles. The summed E-state index contributed by atoms with van der Waals surface area (Å²) in [6.45, 7) is 1.91. The maximum Gasteiger partial charge on any atom is 0.0701 e. The number of nitrogens with zero attached hydrogens (tertiary/aromatic N) is 1. The molecule has 0 radical (unpaired) electrons. The first kappa shape index (κ1) is 15.3. The molecule has 1 aliphatic rings. The molecular formula is C17H19N2O2S-. The standard InChI is InChI=1S/C17H20N2O2S/c1-12(19-22(20)21)10-15-11-16(15)13-5-7-14(8-6-13)17-4-2-3-9-18-17/h2-9,12,15-16,19H,10-11H2,1H3,(H,20,21)/p-1. The summed E-state index contributed by atoms with van der Waals surface area (Å²) in [4.78, 5) is 4.35. The van der Waals surface area contributed by atoms with Gasteiger partial charge in [-0.25, -0.2) is 4.72 Å². The van der Waals surface area contributed by atoms with E-state index in [0.717, 1.165) is 24.1 Å². The second-order valence-electron chi connectivity index (χ2n) is 5.93. The molecule has 1 fully saturated rings. The first-order chi connectivity index (χ1) is 10.6. The van der Waals surface area contributed by atoms with E-state index in [-0.39, 0.29) is 6.04 Å². The van der Waals surface area contributed by atoms with E-state index in [4.69, 9.17) is 0 Å². The van der Waals surface area contributed by atoms with Crippen molar-refractivity contribution in [2.24, 2.45) is 5.92 Å². The third-order valence-electron chi connectivity index (χ3n) is 4.18. The van der Waals surface area contributed by atoms with Gasteiger partial charge in [0.2, 0.25) is 0 Å². The third-order valence-corrected chi connectivity index (χ3v) is 4.77. The maximum atomic E-state index is 10.6.